The molecular weight excluding hydrogens is 320 g/mol. The number of nitrogens with one attached hydrogen (secondary N) is 1. The van der Waals surface area contributed by atoms with Crippen LogP contribution >= 0.6 is 15.9 Å². The molecule has 0 bridgehead atoms. The van der Waals surface area contributed by atoms with Crippen molar-refractivity contribution in [1.29, 1.82) is 0 Å². The van der Waals surface area contributed by atoms with E-state index < -0.39 is 0 Å². The number of pyridine rings is 2. The normalized spacial score (nSPS) is 13.8. The van der Waals surface area contributed by atoms with Crippen molar-refractivity contribution in [2.24, 2.45) is 0 Å². The molecule has 6 heteroatoms. The zero-order valence-corrected chi connectivity index (χ0v) is 12.2. The SMILES string of the molecule is Brc1cc2ncn(C3CC3)c2cn1.O=c1cccc[nH]1. The van der Waals surface area contributed by atoms with E-state index in [2.05, 4.69) is 35.4 Å². The molecule has 0 radical (unpaired) electrons. The summed E-state index contributed by atoms with van der Waals surface area (Å²) in [6.07, 6.45) is 7.95. The maximum atomic E-state index is 10.2. The Kier molecular flexibility index (Phi) is 3.64. The van der Waals surface area contributed by atoms with Gasteiger partial charge in [0.2, 0.25) is 5.56 Å². The fraction of sp³-hybridized carbons (Fsp3) is 0.214. The highest BCUT2D eigenvalue weighted by molar-refractivity contribution is 9.10. The number of imidazole rings is 1. The molecule has 3 aromatic rings. The van der Waals surface area contributed by atoms with Gasteiger partial charge in [-0.2, -0.15) is 0 Å². The van der Waals surface area contributed by atoms with Crippen LogP contribution in [0.1, 0.15) is 18.9 Å². The molecule has 1 aliphatic rings. The summed E-state index contributed by atoms with van der Waals surface area (Å²) in [5.74, 6) is 0. The van der Waals surface area contributed by atoms with E-state index in [1.807, 2.05) is 18.6 Å². The van der Waals surface area contributed by atoms with Gasteiger partial charge in [0.1, 0.15) is 4.60 Å². The van der Waals surface area contributed by atoms with Gasteiger partial charge in [-0.3, -0.25) is 4.79 Å². The van der Waals surface area contributed by atoms with E-state index in [4.69, 9.17) is 0 Å². The van der Waals surface area contributed by atoms with Crippen LogP contribution in [0.2, 0.25) is 0 Å². The van der Waals surface area contributed by atoms with Gasteiger partial charge in [-0.15, -0.1) is 0 Å². The summed E-state index contributed by atoms with van der Waals surface area (Å²) < 4.78 is 3.07. The molecule has 5 nitrogen and oxygen atoms in total. The van der Waals surface area contributed by atoms with Gasteiger partial charge in [0.25, 0.3) is 0 Å². The summed E-state index contributed by atoms with van der Waals surface area (Å²) in [7, 11) is 0. The van der Waals surface area contributed by atoms with Gasteiger partial charge in [0.05, 0.1) is 23.6 Å². The molecule has 0 amide bonds. The van der Waals surface area contributed by atoms with Crippen LogP contribution in [-0.4, -0.2) is 19.5 Å². The Labute approximate surface area is 123 Å². The second-order valence-corrected chi connectivity index (χ2v) is 5.42. The Morgan fingerprint density at radius 2 is 2.15 bits per heavy atom. The Hall–Kier alpha value is -1.95. The monoisotopic (exact) mass is 332 g/mol. The lowest BCUT2D eigenvalue weighted by molar-refractivity contribution is 0.764. The minimum atomic E-state index is -0.0532. The number of hydrogen-bond donors (Lipinski definition) is 1. The highest BCUT2D eigenvalue weighted by atomic mass is 79.9. The van der Waals surface area contributed by atoms with E-state index in [0.717, 1.165) is 15.6 Å². The molecule has 0 unspecified atom stereocenters. The van der Waals surface area contributed by atoms with Crippen LogP contribution in [0.3, 0.4) is 0 Å². The molecule has 0 aliphatic heterocycles. The Morgan fingerprint density at radius 3 is 2.75 bits per heavy atom. The minimum Gasteiger partial charge on any atom is -0.329 e. The lowest BCUT2D eigenvalue weighted by Crippen LogP contribution is -1.98. The Bertz CT molecular complexity index is 758. The molecule has 1 aliphatic carbocycles. The van der Waals surface area contributed by atoms with Crippen LogP contribution in [0.5, 0.6) is 0 Å². The number of halogens is 1. The lowest BCUT2D eigenvalue weighted by Gasteiger charge is -1.98. The Balaban J connectivity index is 0.000000147. The average molecular weight is 333 g/mol. The number of rotatable bonds is 1. The summed E-state index contributed by atoms with van der Waals surface area (Å²) in [5.41, 5.74) is 2.11. The Morgan fingerprint density at radius 1 is 1.30 bits per heavy atom. The third-order valence-corrected chi connectivity index (χ3v) is 3.48. The molecule has 102 valence electrons. The fourth-order valence-corrected chi connectivity index (χ4v) is 2.24. The van der Waals surface area contributed by atoms with Crippen molar-refractivity contribution in [2.75, 3.05) is 0 Å². The van der Waals surface area contributed by atoms with Gasteiger partial charge in [-0.25, -0.2) is 9.97 Å². The molecule has 1 saturated carbocycles. The van der Waals surface area contributed by atoms with Crippen molar-refractivity contribution < 1.29 is 0 Å². The van der Waals surface area contributed by atoms with Crippen LogP contribution in [0.15, 0.2) is 52.4 Å². The predicted octanol–water partition coefficient (Wildman–Crippen LogP) is 2.90. The minimum absolute atomic E-state index is 0.0532. The summed E-state index contributed by atoms with van der Waals surface area (Å²) in [6.45, 7) is 0. The quantitative estimate of drug-likeness (QED) is 0.697. The van der Waals surface area contributed by atoms with Gasteiger partial charge < -0.3 is 9.55 Å². The fourth-order valence-electron chi connectivity index (χ4n) is 1.92. The summed E-state index contributed by atoms with van der Waals surface area (Å²) in [6, 6.07) is 7.56. The first-order valence-electron chi connectivity index (χ1n) is 6.36. The number of nitrogens with zero attached hydrogens (tertiary/aromatic N) is 3. The maximum absolute atomic E-state index is 10.2. The predicted molar refractivity (Wildman–Crippen MR) is 80.6 cm³/mol. The van der Waals surface area contributed by atoms with Crippen LogP contribution in [0, 0.1) is 0 Å². The second-order valence-electron chi connectivity index (χ2n) is 4.61. The second kappa shape index (κ2) is 5.58. The van der Waals surface area contributed by atoms with Gasteiger partial charge in [-0.1, -0.05) is 6.07 Å². The molecule has 3 heterocycles. The summed E-state index contributed by atoms with van der Waals surface area (Å²) in [4.78, 5) is 21.2. The summed E-state index contributed by atoms with van der Waals surface area (Å²) in [5, 5.41) is 0. The molecule has 3 aromatic heterocycles. The largest absolute Gasteiger partial charge is 0.329 e. The van der Waals surface area contributed by atoms with Crippen LogP contribution < -0.4 is 5.56 Å². The van der Waals surface area contributed by atoms with Crippen molar-refractivity contribution in [3.05, 3.63) is 57.9 Å². The van der Waals surface area contributed by atoms with E-state index in [0.29, 0.717) is 6.04 Å². The molecule has 20 heavy (non-hydrogen) atoms. The first kappa shape index (κ1) is 13.1. The molecule has 0 spiro atoms. The zero-order chi connectivity index (χ0) is 13.9. The van der Waals surface area contributed by atoms with Crippen LogP contribution in [0.4, 0.5) is 0 Å². The van der Waals surface area contributed by atoms with Gasteiger partial charge in [-0.05, 0) is 40.9 Å². The molecule has 1 N–H and O–H groups in total. The smallest absolute Gasteiger partial charge is 0.247 e. The van der Waals surface area contributed by atoms with Crippen LogP contribution in [-0.2, 0) is 0 Å². The van der Waals surface area contributed by atoms with Crippen molar-refractivity contribution in [3.8, 4) is 0 Å². The van der Waals surface area contributed by atoms with Gasteiger partial charge in [0, 0.05) is 18.3 Å². The van der Waals surface area contributed by atoms with E-state index >= 15 is 0 Å². The van der Waals surface area contributed by atoms with Gasteiger partial charge in [0.15, 0.2) is 0 Å². The highest BCUT2D eigenvalue weighted by Crippen LogP contribution is 2.36. The average Bonchev–Trinajstić information content (AvgIpc) is 3.21. The molecule has 0 saturated heterocycles. The van der Waals surface area contributed by atoms with E-state index in [9.17, 15) is 4.79 Å². The number of aromatic nitrogens is 4. The third-order valence-electron chi connectivity index (χ3n) is 3.05. The lowest BCUT2D eigenvalue weighted by atomic mass is 10.4. The highest BCUT2D eigenvalue weighted by Gasteiger charge is 2.24. The zero-order valence-electron chi connectivity index (χ0n) is 10.7. The topological polar surface area (TPSA) is 63.6 Å². The van der Waals surface area contributed by atoms with Gasteiger partial charge >= 0.3 is 0 Å². The number of aromatic amines is 1. The van der Waals surface area contributed by atoms with Crippen molar-refractivity contribution in [3.63, 3.8) is 0 Å². The molecule has 4 rings (SSSR count). The van der Waals surface area contributed by atoms with Crippen molar-refractivity contribution in [1.82, 2.24) is 19.5 Å². The maximum Gasteiger partial charge on any atom is 0.247 e. The molecular formula is C14H13BrN4O. The van der Waals surface area contributed by atoms with Crippen molar-refractivity contribution >= 4 is 27.0 Å². The molecule has 1 fully saturated rings. The van der Waals surface area contributed by atoms with Crippen LogP contribution in [0.25, 0.3) is 11.0 Å². The van der Waals surface area contributed by atoms with E-state index in [1.54, 1.807) is 18.3 Å². The van der Waals surface area contributed by atoms with E-state index in [-0.39, 0.29) is 5.56 Å². The first-order valence-corrected chi connectivity index (χ1v) is 7.15. The number of fused-ring (bicyclic) bond motifs is 1. The first-order chi connectivity index (χ1) is 9.74. The number of H-pyrrole nitrogens is 1. The molecule has 0 atom stereocenters. The van der Waals surface area contributed by atoms with Crippen molar-refractivity contribution in [2.45, 2.75) is 18.9 Å². The molecule has 0 aromatic carbocycles. The third kappa shape index (κ3) is 2.96. The van der Waals surface area contributed by atoms with E-state index in [1.165, 1.54) is 18.9 Å². The summed E-state index contributed by atoms with van der Waals surface area (Å²) >= 11 is 3.33. The standard InChI is InChI=1S/C9H8BrN3.C5H5NO/c10-9-3-7-8(4-11-9)13(5-12-7)6-1-2-6;7-5-3-1-2-4-6-5/h3-6H,1-2H2;1-4H,(H,6,7). The number of hydrogen-bond acceptors (Lipinski definition) is 3.